The van der Waals surface area contributed by atoms with Crippen molar-refractivity contribution in [3.05, 3.63) is 11.6 Å². The zero-order valence-corrected chi connectivity index (χ0v) is 16.1. The van der Waals surface area contributed by atoms with Crippen LogP contribution < -0.4 is 10.6 Å². The standard InChI is InChI=1S/C15H26N6.HI/c1-4-16-14(17-10-15(3)7-8-15)19-12-6-5-9-21-13(12)18-11(2)20-21;/h12H,4-10H2,1-3H3,(H2,16,17,19);1H. The molecule has 0 bridgehead atoms. The van der Waals surface area contributed by atoms with Crippen LogP contribution in [0.4, 0.5) is 0 Å². The number of aromatic nitrogens is 3. The first-order valence-electron chi connectivity index (χ1n) is 8.06. The molecule has 2 aliphatic rings. The second-order valence-corrected chi connectivity index (χ2v) is 6.59. The van der Waals surface area contributed by atoms with E-state index in [2.05, 4.69) is 34.6 Å². The molecule has 1 fully saturated rings. The van der Waals surface area contributed by atoms with E-state index in [0.717, 1.165) is 50.1 Å². The molecule has 2 N–H and O–H groups in total. The maximum absolute atomic E-state index is 4.76. The smallest absolute Gasteiger partial charge is 0.191 e. The molecule has 1 saturated carbocycles. The Hall–Kier alpha value is -0.860. The van der Waals surface area contributed by atoms with Crippen LogP contribution in [0, 0.1) is 12.3 Å². The van der Waals surface area contributed by atoms with Gasteiger partial charge in [-0.3, -0.25) is 4.99 Å². The number of fused-ring (bicyclic) bond motifs is 1. The van der Waals surface area contributed by atoms with E-state index in [9.17, 15) is 0 Å². The Labute approximate surface area is 149 Å². The van der Waals surface area contributed by atoms with Gasteiger partial charge in [0.15, 0.2) is 5.96 Å². The molecule has 0 spiro atoms. The highest BCUT2D eigenvalue weighted by Gasteiger charge is 2.37. The number of guanidine groups is 1. The molecular formula is C15H27IN6. The Balaban J connectivity index is 0.00000176. The fourth-order valence-corrected chi connectivity index (χ4v) is 2.73. The Morgan fingerprint density at radius 2 is 2.23 bits per heavy atom. The predicted octanol–water partition coefficient (Wildman–Crippen LogP) is 2.39. The maximum Gasteiger partial charge on any atom is 0.191 e. The summed E-state index contributed by atoms with van der Waals surface area (Å²) >= 11 is 0. The Kier molecular flexibility index (Phi) is 5.68. The van der Waals surface area contributed by atoms with Gasteiger partial charge in [-0.1, -0.05) is 6.92 Å². The average molecular weight is 418 g/mol. The van der Waals surface area contributed by atoms with Crippen LogP contribution in [0.5, 0.6) is 0 Å². The average Bonchev–Trinajstić information content (AvgIpc) is 3.05. The lowest BCUT2D eigenvalue weighted by molar-refractivity contribution is 0.397. The molecule has 1 atom stereocenters. The van der Waals surface area contributed by atoms with Gasteiger partial charge in [0.25, 0.3) is 0 Å². The molecule has 1 aromatic heterocycles. The van der Waals surface area contributed by atoms with Crippen LogP contribution in [0.15, 0.2) is 4.99 Å². The summed E-state index contributed by atoms with van der Waals surface area (Å²) in [5.41, 5.74) is 0.436. The number of aryl methyl sites for hydroxylation is 2. The number of hydrogen-bond acceptors (Lipinski definition) is 3. The first kappa shape index (κ1) is 17.5. The largest absolute Gasteiger partial charge is 0.357 e. The minimum Gasteiger partial charge on any atom is -0.357 e. The molecule has 2 heterocycles. The van der Waals surface area contributed by atoms with Crippen molar-refractivity contribution in [3.8, 4) is 0 Å². The van der Waals surface area contributed by atoms with Crippen molar-refractivity contribution < 1.29 is 0 Å². The minimum absolute atomic E-state index is 0. The highest BCUT2D eigenvalue weighted by Crippen LogP contribution is 2.45. The molecule has 22 heavy (non-hydrogen) atoms. The Bertz CT molecular complexity index is 534. The van der Waals surface area contributed by atoms with E-state index in [1.165, 1.54) is 12.8 Å². The van der Waals surface area contributed by atoms with Gasteiger partial charge in [0, 0.05) is 19.6 Å². The van der Waals surface area contributed by atoms with Crippen LogP contribution in [0.3, 0.4) is 0 Å². The van der Waals surface area contributed by atoms with Gasteiger partial charge in [-0.05, 0) is 44.9 Å². The van der Waals surface area contributed by atoms with Gasteiger partial charge in [-0.15, -0.1) is 24.0 Å². The third-order valence-electron chi connectivity index (χ3n) is 4.36. The van der Waals surface area contributed by atoms with Gasteiger partial charge in [0.2, 0.25) is 0 Å². The minimum atomic E-state index is 0. The monoisotopic (exact) mass is 418 g/mol. The van der Waals surface area contributed by atoms with E-state index in [0.29, 0.717) is 5.41 Å². The first-order chi connectivity index (χ1) is 10.1. The number of halogens is 1. The summed E-state index contributed by atoms with van der Waals surface area (Å²) in [6.07, 6.45) is 4.81. The molecule has 0 aromatic carbocycles. The lowest BCUT2D eigenvalue weighted by Crippen LogP contribution is -2.41. The highest BCUT2D eigenvalue weighted by molar-refractivity contribution is 14.0. The van der Waals surface area contributed by atoms with E-state index >= 15 is 0 Å². The van der Waals surface area contributed by atoms with Crippen LogP contribution in [0.1, 0.15) is 57.2 Å². The lowest BCUT2D eigenvalue weighted by Gasteiger charge is -2.25. The summed E-state index contributed by atoms with van der Waals surface area (Å²) in [5, 5.41) is 11.3. The van der Waals surface area contributed by atoms with Gasteiger partial charge in [0.05, 0.1) is 6.04 Å². The summed E-state index contributed by atoms with van der Waals surface area (Å²) in [5.74, 6) is 2.80. The predicted molar refractivity (Wildman–Crippen MR) is 98.6 cm³/mol. The Morgan fingerprint density at radius 3 is 2.91 bits per heavy atom. The van der Waals surface area contributed by atoms with Crippen LogP contribution >= 0.6 is 24.0 Å². The van der Waals surface area contributed by atoms with Crippen LogP contribution in [0.2, 0.25) is 0 Å². The van der Waals surface area contributed by atoms with E-state index in [4.69, 9.17) is 4.99 Å². The van der Waals surface area contributed by atoms with Crippen LogP contribution in [-0.2, 0) is 6.54 Å². The quantitative estimate of drug-likeness (QED) is 0.448. The molecular weight excluding hydrogens is 391 g/mol. The summed E-state index contributed by atoms with van der Waals surface area (Å²) in [7, 11) is 0. The van der Waals surface area contributed by atoms with E-state index < -0.39 is 0 Å². The third-order valence-corrected chi connectivity index (χ3v) is 4.36. The summed E-state index contributed by atoms with van der Waals surface area (Å²) in [6, 6.07) is 0.213. The normalized spacial score (nSPS) is 22.5. The van der Waals surface area contributed by atoms with Crippen molar-refractivity contribution in [2.45, 2.75) is 59.0 Å². The molecule has 0 saturated heterocycles. The molecule has 0 amide bonds. The number of hydrogen-bond donors (Lipinski definition) is 2. The van der Waals surface area contributed by atoms with Gasteiger partial charge >= 0.3 is 0 Å². The van der Waals surface area contributed by atoms with Crippen molar-refractivity contribution in [1.82, 2.24) is 25.4 Å². The fourth-order valence-electron chi connectivity index (χ4n) is 2.73. The van der Waals surface area contributed by atoms with Gasteiger partial charge in [-0.2, -0.15) is 5.10 Å². The van der Waals surface area contributed by atoms with Gasteiger partial charge in [0.1, 0.15) is 11.6 Å². The molecule has 1 aliphatic heterocycles. The lowest BCUT2D eigenvalue weighted by atomic mass is 10.1. The number of aliphatic imine (C=N–C) groups is 1. The number of nitrogens with one attached hydrogen (secondary N) is 2. The first-order valence-corrected chi connectivity index (χ1v) is 8.06. The van der Waals surface area contributed by atoms with Crippen molar-refractivity contribution >= 4 is 29.9 Å². The molecule has 1 unspecified atom stereocenters. The fraction of sp³-hybridized carbons (Fsp3) is 0.800. The summed E-state index contributed by atoms with van der Waals surface area (Å²) in [6.45, 7) is 9.11. The maximum atomic E-state index is 4.76. The van der Waals surface area contributed by atoms with E-state index in [1.54, 1.807) is 0 Å². The second kappa shape index (κ2) is 7.14. The Morgan fingerprint density at radius 1 is 1.45 bits per heavy atom. The highest BCUT2D eigenvalue weighted by atomic mass is 127. The second-order valence-electron chi connectivity index (χ2n) is 6.59. The van der Waals surface area contributed by atoms with Crippen LogP contribution in [-0.4, -0.2) is 33.8 Å². The third kappa shape index (κ3) is 4.11. The van der Waals surface area contributed by atoms with Gasteiger partial charge < -0.3 is 10.6 Å². The van der Waals surface area contributed by atoms with Crippen molar-refractivity contribution in [1.29, 1.82) is 0 Å². The van der Waals surface area contributed by atoms with Crippen molar-refractivity contribution in [3.63, 3.8) is 0 Å². The summed E-state index contributed by atoms with van der Waals surface area (Å²) < 4.78 is 2.03. The number of rotatable bonds is 4. The van der Waals surface area contributed by atoms with Crippen molar-refractivity contribution in [2.24, 2.45) is 10.4 Å². The zero-order valence-electron chi connectivity index (χ0n) is 13.7. The van der Waals surface area contributed by atoms with Crippen LogP contribution in [0.25, 0.3) is 0 Å². The number of nitrogens with zero attached hydrogens (tertiary/aromatic N) is 4. The molecule has 6 nitrogen and oxygen atoms in total. The molecule has 3 rings (SSSR count). The molecule has 7 heteroatoms. The topological polar surface area (TPSA) is 67.1 Å². The van der Waals surface area contributed by atoms with E-state index in [1.807, 2.05) is 11.6 Å². The molecule has 0 radical (unpaired) electrons. The SMILES string of the molecule is CCNC(=NCC1(C)CC1)NC1CCCn2nc(C)nc21.I. The summed E-state index contributed by atoms with van der Waals surface area (Å²) in [4.78, 5) is 9.33. The zero-order chi connectivity index (χ0) is 14.9. The van der Waals surface area contributed by atoms with E-state index in [-0.39, 0.29) is 30.0 Å². The van der Waals surface area contributed by atoms with Gasteiger partial charge in [-0.25, -0.2) is 9.67 Å². The molecule has 1 aliphatic carbocycles. The molecule has 1 aromatic rings. The van der Waals surface area contributed by atoms with Crippen molar-refractivity contribution in [2.75, 3.05) is 13.1 Å². The molecule has 124 valence electrons.